The Morgan fingerprint density at radius 2 is 2.19 bits per heavy atom. The predicted octanol–water partition coefficient (Wildman–Crippen LogP) is 1.79. The Bertz CT molecular complexity index is 585. The van der Waals surface area contributed by atoms with E-state index in [1.807, 2.05) is 13.8 Å². The number of nitro benzene ring substituents is 1. The first-order valence-corrected chi connectivity index (χ1v) is 6.73. The van der Waals surface area contributed by atoms with Crippen molar-refractivity contribution in [1.82, 2.24) is 4.90 Å². The van der Waals surface area contributed by atoms with Crippen LogP contribution in [0.4, 0.5) is 11.4 Å². The fraction of sp³-hybridized carbons (Fsp3) is 0.429. The summed E-state index contributed by atoms with van der Waals surface area (Å²) in [5, 5.41) is 13.3. The van der Waals surface area contributed by atoms with E-state index in [1.54, 1.807) is 11.0 Å². The quantitative estimate of drug-likeness (QED) is 0.676. The highest BCUT2D eigenvalue weighted by Crippen LogP contribution is 2.23. The van der Waals surface area contributed by atoms with Crippen molar-refractivity contribution in [1.29, 1.82) is 0 Å². The van der Waals surface area contributed by atoms with E-state index in [9.17, 15) is 19.7 Å². The molecule has 1 aromatic rings. The first-order chi connectivity index (χ1) is 9.88. The third-order valence-electron chi connectivity index (χ3n) is 3.48. The maximum absolute atomic E-state index is 12.1. The van der Waals surface area contributed by atoms with Gasteiger partial charge in [-0.15, -0.1) is 0 Å². The predicted molar refractivity (Wildman–Crippen MR) is 76.7 cm³/mol. The summed E-state index contributed by atoms with van der Waals surface area (Å²) < 4.78 is 0. The van der Waals surface area contributed by atoms with Crippen LogP contribution < -0.4 is 5.32 Å². The number of nitro groups is 1. The molecule has 2 rings (SSSR count). The molecule has 0 spiro atoms. The summed E-state index contributed by atoms with van der Waals surface area (Å²) >= 11 is 0. The summed E-state index contributed by atoms with van der Waals surface area (Å²) in [4.78, 5) is 35.8. The third-order valence-corrected chi connectivity index (χ3v) is 3.48. The van der Waals surface area contributed by atoms with Crippen LogP contribution in [-0.2, 0) is 9.59 Å². The van der Waals surface area contributed by atoms with Crippen LogP contribution in [0.3, 0.4) is 0 Å². The lowest BCUT2D eigenvalue weighted by atomic mass is 10.1. The smallest absolute Gasteiger partial charge is 0.271 e. The molecule has 0 saturated carbocycles. The summed E-state index contributed by atoms with van der Waals surface area (Å²) in [5.74, 6) is -0.740. The van der Waals surface area contributed by atoms with E-state index in [0.29, 0.717) is 12.2 Å². The van der Waals surface area contributed by atoms with Gasteiger partial charge in [0.15, 0.2) is 0 Å². The number of anilines is 1. The number of carbonyl (C=O) groups is 2. The Balaban J connectivity index is 2.04. The van der Waals surface area contributed by atoms with Gasteiger partial charge < -0.3 is 10.2 Å². The summed E-state index contributed by atoms with van der Waals surface area (Å²) in [7, 11) is 0. The molecule has 7 heteroatoms. The minimum absolute atomic E-state index is 0.0378. The zero-order valence-electron chi connectivity index (χ0n) is 11.9. The van der Waals surface area contributed by atoms with Gasteiger partial charge in [0.05, 0.1) is 10.8 Å². The first kappa shape index (κ1) is 15.0. The van der Waals surface area contributed by atoms with Crippen molar-refractivity contribution in [3.63, 3.8) is 0 Å². The van der Waals surface area contributed by atoms with E-state index < -0.39 is 10.8 Å². The molecule has 21 heavy (non-hydrogen) atoms. The van der Waals surface area contributed by atoms with Crippen LogP contribution in [0.5, 0.6) is 0 Å². The molecule has 1 aromatic carbocycles. The van der Waals surface area contributed by atoms with Gasteiger partial charge in [-0.05, 0) is 19.9 Å². The van der Waals surface area contributed by atoms with E-state index in [-0.39, 0.29) is 30.0 Å². The molecule has 1 aliphatic rings. The normalized spacial score (nSPS) is 18.1. The van der Waals surface area contributed by atoms with Crippen molar-refractivity contribution in [2.45, 2.75) is 26.3 Å². The Morgan fingerprint density at radius 1 is 1.48 bits per heavy atom. The molecule has 1 atom stereocenters. The molecule has 7 nitrogen and oxygen atoms in total. The second kappa shape index (κ2) is 5.90. The van der Waals surface area contributed by atoms with Gasteiger partial charge in [0, 0.05) is 36.8 Å². The van der Waals surface area contributed by atoms with Gasteiger partial charge in [0.1, 0.15) is 0 Å². The lowest BCUT2D eigenvalue weighted by Gasteiger charge is -2.20. The molecule has 0 unspecified atom stereocenters. The SMILES string of the molecule is CC(C)N1C[C@@H](C(=O)Nc2cccc([N+](=O)[O-])c2)CC1=O. The van der Waals surface area contributed by atoms with E-state index in [4.69, 9.17) is 0 Å². The van der Waals surface area contributed by atoms with Crippen LogP contribution in [0.15, 0.2) is 24.3 Å². The first-order valence-electron chi connectivity index (χ1n) is 6.73. The number of nitrogens with zero attached hydrogens (tertiary/aromatic N) is 2. The maximum Gasteiger partial charge on any atom is 0.271 e. The molecule has 0 aliphatic carbocycles. The fourth-order valence-electron chi connectivity index (χ4n) is 2.35. The molecule has 0 aromatic heterocycles. The summed E-state index contributed by atoms with van der Waals surface area (Å²) in [5.41, 5.74) is 0.281. The van der Waals surface area contributed by atoms with Crippen molar-refractivity contribution in [2.75, 3.05) is 11.9 Å². The van der Waals surface area contributed by atoms with Crippen LogP contribution in [0, 0.1) is 16.0 Å². The zero-order chi connectivity index (χ0) is 15.6. The van der Waals surface area contributed by atoms with Crippen molar-refractivity contribution in [3.05, 3.63) is 34.4 Å². The molecule has 1 fully saturated rings. The van der Waals surface area contributed by atoms with Gasteiger partial charge >= 0.3 is 0 Å². The maximum atomic E-state index is 12.1. The van der Waals surface area contributed by atoms with Gasteiger partial charge in [-0.1, -0.05) is 6.07 Å². The molecule has 2 amide bonds. The fourth-order valence-corrected chi connectivity index (χ4v) is 2.35. The molecule has 1 saturated heterocycles. The zero-order valence-corrected chi connectivity index (χ0v) is 11.9. The van der Waals surface area contributed by atoms with Gasteiger partial charge in [-0.25, -0.2) is 0 Å². The van der Waals surface area contributed by atoms with Crippen molar-refractivity contribution < 1.29 is 14.5 Å². The van der Waals surface area contributed by atoms with Crippen LogP contribution in [-0.4, -0.2) is 34.2 Å². The molecular formula is C14H17N3O4. The number of likely N-dealkylation sites (tertiary alicyclic amines) is 1. The van der Waals surface area contributed by atoms with Crippen molar-refractivity contribution in [2.24, 2.45) is 5.92 Å². The average Bonchev–Trinajstić information content (AvgIpc) is 2.81. The minimum Gasteiger partial charge on any atom is -0.339 e. The van der Waals surface area contributed by atoms with Crippen LogP contribution in [0.1, 0.15) is 20.3 Å². The summed E-state index contributed by atoms with van der Waals surface area (Å²) in [6.45, 7) is 4.19. The number of carbonyl (C=O) groups excluding carboxylic acids is 2. The molecule has 112 valence electrons. The van der Waals surface area contributed by atoms with Gasteiger partial charge in [-0.2, -0.15) is 0 Å². The number of rotatable bonds is 4. The third kappa shape index (κ3) is 3.36. The van der Waals surface area contributed by atoms with E-state index in [2.05, 4.69) is 5.32 Å². The lowest BCUT2D eigenvalue weighted by molar-refractivity contribution is -0.384. The molecule has 1 N–H and O–H groups in total. The molecule has 1 heterocycles. The number of non-ortho nitro benzene ring substituents is 1. The highest BCUT2D eigenvalue weighted by Gasteiger charge is 2.35. The Hall–Kier alpha value is -2.44. The van der Waals surface area contributed by atoms with Gasteiger partial charge in [-0.3, -0.25) is 19.7 Å². The van der Waals surface area contributed by atoms with Gasteiger partial charge in [0.2, 0.25) is 11.8 Å². The minimum atomic E-state index is -0.519. The van der Waals surface area contributed by atoms with E-state index in [0.717, 1.165) is 0 Å². The van der Waals surface area contributed by atoms with Gasteiger partial charge in [0.25, 0.3) is 5.69 Å². The van der Waals surface area contributed by atoms with Crippen LogP contribution in [0.25, 0.3) is 0 Å². The molecule has 0 bridgehead atoms. The Morgan fingerprint density at radius 3 is 2.76 bits per heavy atom. The topological polar surface area (TPSA) is 92.6 Å². The van der Waals surface area contributed by atoms with Crippen molar-refractivity contribution in [3.8, 4) is 0 Å². The monoisotopic (exact) mass is 291 g/mol. The summed E-state index contributed by atoms with van der Waals surface area (Å²) in [6, 6.07) is 5.81. The number of hydrogen-bond acceptors (Lipinski definition) is 4. The Labute approximate surface area is 122 Å². The average molecular weight is 291 g/mol. The molecular weight excluding hydrogens is 274 g/mol. The molecule has 0 radical (unpaired) electrons. The lowest BCUT2D eigenvalue weighted by Crippen LogP contribution is -2.33. The standard InChI is InChI=1S/C14H17N3O4/c1-9(2)16-8-10(6-13(16)18)14(19)15-11-4-3-5-12(7-11)17(20)21/h3-5,7,9-10H,6,8H2,1-2H3,(H,15,19)/t10-/m0/s1. The van der Waals surface area contributed by atoms with E-state index >= 15 is 0 Å². The highest BCUT2D eigenvalue weighted by atomic mass is 16.6. The number of hydrogen-bond donors (Lipinski definition) is 1. The van der Waals surface area contributed by atoms with E-state index in [1.165, 1.54) is 18.2 Å². The van der Waals surface area contributed by atoms with Crippen LogP contribution >= 0.6 is 0 Å². The summed E-state index contributed by atoms with van der Waals surface area (Å²) in [6.07, 6.45) is 0.180. The Kier molecular flexibility index (Phi) is 4.21. The highest BCUT2D eigenvalue weighted by molar-refractivity contribution is 5.97. The second-order valence-corrected chi connectivity index (χ2v) is 5.34. The van der Waals surface area contributed by atoms with Crippen molar-refractivity contribution >= 4 is 23.2 Å². The number of nitrogens with one attached hydrogen (secondary N) is 1. The second-order valence-electron chi connectivity index (χ2n) is 5.34. The molecule has 1 aliphatic heterocycles. The van der Waals surface area contributed by atoms with Crippen LogP contribution in [0.2, 0.25) is 0 Å². The number of benzene rings is 1. The number of amides is 2. The largest absolute Gasteiger partial charge is 0.339 e.